The minimum Gasteiger partial charge on any atom is -0.297 e. The molecule has 0 spiro atoms. The van der Waals surface area contributed by atoms with Crippen LogP contribution >= 0.6 is 15.9 Å². The molecule has 2 rings (SSSR count). The van der Waals surface area contributed by atoms with Crippen molar-refractivity contribution >= 4 is 26.0 Å². The summed E-state index contributed by atoms with van der Waals surface area (Å²) in [6.07, 6.45) is 0. The van der Waals surface area contributed by atoms with Crippen LogP contribution < -0.4 is 5.14 Å². The average molecular weight is 345 g/mol. The van der Waals surface area contributed by atoms with Crippen molar-refractivity contribution in [2.75, 3.05) is 0 Å². The maximum absolute atomic E-state index is 11.4. The number of benzene rings is 1. The van der Waals surface area contributed by atoms with Gasteiger partial charge in [-0.15, -0.1) is 10.2 Å². The number of aryl methyl sites for hydroxylation is 1. The molecule has 2 aromatic rings. The zero-order valence-corrected chi connectivity index (χ0v) is 12.9. The molecule has 0 fully saturated rings. The summed E-state index contributed by atoms with van der Waals surface area (Å²) >= 11 is 3.38. The summed E-state index contributed by atoms with van der Waals surface area (Å²) in [5, 5.41) is 12.6. The number of sulfonamides is 1. The molecule has 0 bridgehead atoms. The van der Waals surface area contributed by atoms with E-state index in [9.17, 15) is 8.42 Å². The van der Waals surface area contributed by atoms with Crippen molar-refractivity contribution in [3.8, 4) is 11.4 Å². The van der Waals surface area contributed by atoms with Gasteiger partial charge in [0.15, 0.2) is 5.82 Å². The maximum atomic E-state index is 11.4. The highest BCUT2D eigenvalue weighted by atomic mass is 79.9. The first-order chi connectivity index (χ1) is 8.84. The third kappa shape index (κ3) is 2.70. The largest absolute Gasteiger partial charge is 0.297 e. The van der Waals surface area contributed by atoms with E-state index in [0.717, 1.165) is 15.6 Å². The topological polar surface area (TPSA) is 90.9 Å². The predicted molar refractivity (Wildman–Crippen MR) is 74.9 cm³/mol. The second-order valence-electron chi connectivity index (χ2n) is 4.05. The van der Waals surface area contributed by atoms with Gasteiger partial charge in [-0.25, -0.2) is 13.6 Å². The molecule has 0 aliphatic heterocycles. The fraction of sp³-hybridized carbons (Fsp3) is 0.273. The van der Waals surface area contributed by atoms with Crippen LogP contribution in [0.1, 0.15) is 12.5 Å². The lowest BCUT2D eigenvalue weighted by Gasteiger charge is -2.08. The molecule has 0 aliphatic carbocycles. The molecule has 1 aromatic carbocycles. The fourth-order valence-electron chi connectivity index (χ4n) is 1.86. The zero-order chi connectivity index (χ0) is 14.2. The lowest BCUT2D eigenvalue weighted by Crippen LogP contribution is -2.18. The van der Waals surface area contributed by atoms with Gasteiger partial charge in [0.1, 0.15) is 0 Å². The molecule has 1 heterocycles. The quantitative estimate of drug-likeness (QED) is 0.916. The number of hydrogen-bond acceptors (Lipinski definition) is 4. The number of nitrogens with two attached hydrogens (primary N) is 1. The van der Waals surface area contributed by atoms with E-state index < -0.39 is 10.0 Å². The standard InChI is InChI=1S/C11H13BrN4O2S/c1-3-16-10(14-15-11(16)19(13,17)18)9-5-4-8(12)6-7(9)2/h4-6H,3H2,1-2H3,(H2,13,17,18). The van der Waals surface area contributed by atoms with Crippen LogP contribution in [0.25, 0.3) is 11.4 Å². The molecule has 2 N–H and O–H groups in total. The predicted octanol–water partition coefficient (Wildman–Crippen LogP) is 1.68. The normalized spacial score (nSPS) is 11.8. The van der Waals surface area contributed by atoms with Crippen molar-refractivity contribution in [1.29, 1.82) is 0 Å². The van der Waals surface area contributed by atoms with Gasteiger partial charge >= 0.3 is 0 Å². The second kappa shape index (κ2) is 5.03. The highest BCUT2D eigenvalue weighted by molar-refractivity contribution is 9.10. The smallest absolute Gasteiger partial charge is 0.273 e. The molecule has 0 atom stereocenters. The van der Waals surface area contributed by atoms with Crippen molar-refractivity contribution < 1.29 is 8.42 Å². The van der Waals surface area contributed by atoms with Crippen LogP contribution in [0.3, 0.4) is 0 Å². The van der Waals surface area contributed by atoms with Crippen molar-refractivity contribution in [3.05, 3.63) is 28.2 Å². The Kier molecular flexibility index (Phi) is 3.75. The average Bonchev–Trinajstić information content (AvgIpc) is 2.72. The highest BCUT2D eigenvalue weighted by Gasteiger charge is 2.21. The lowest BCUT2D eigenvalue weighted by molar-refractivity contribution is 0.571. The van der Waals surface area contributed by atoms with E-state index in [1.165, 1.54) is 4.57 Å². The van der Waals surface area contributed by atoms with E-state index in [4.69, 9.17) is 5.14 Å². The molecular weight excluding hydrogens is 332 g/mol. The summed E-state index contributed by atoms with van der Waals surface area (Å²) in [5.41, 5.74) is 1.80. The van der Waals surface area contributed by atoms with E-state index in [1.54, 1.807) is 0 Å². The Labute approximate surface area is 119 Å². The van der Waals surface area contributed by atoms with Gasteiger partial charge < -0.3 is 0 Å². The lowest BCUT2D eigenvalue weighted by atomic mass is 10.1. The summed E-state index contributed by atoms with van der Waals surface area (Å²) in [7, 11) is -3.87. The third-order valence-corrected chi connectivity index (χ3v) is 4.02. The summed E-state index contributed by atoms with van der Waals surface area (Å²) < 4.78 is 25.3. The van der Waals surface area contributed by atoms with Gasteiger partial charge in [-0.1, -0.05) is 15.9 Å². The molecule has 0 aliphatic rings. The van der Waals surface area contributed by atoms with Gasteiger partial charge in [-0.2, -0.15) is 0 Å². The van der Waals surface area contributed by atoms with Crippen LogP contribution in [-0.4, -0.2) is 23.2 Å². The van der Waals surface area contributed by atoms with E-state index in [1.807, 2.05) is 32.0 Å². The number of nitrogens with zero attached hydrogens (tertiary/aromatic N) is 3. The van der Waals surface area contributed by atoms with Gasteiger partial charge in [0.25, 0.3) is 15.2 Å². The molecule has 1 aromatic heterocycles. The van der Waals surface area contributed by atoms with Gasteiger partial charge in [0.05, 0.1) is 0 Å². The minimum atomic E-state index is -3.87. The SMILES string of the molecule is CCn1c(-c2ccc(Br)cc2C)nnc1S(N)(=O)=O. The van der Waals surface area contributed by atoms with Crippen LogP contribution in [-0.2, 0) is 16.6 Å². The zero-order valence-electron chi connectivity index (χ0n) is 10.5. The Morgan fingerprint density at radius 1 is 1.37 bits per heavy atom. The molecule has 0 saturated carbocycles. The van der Waals surface area contributed by atoms with Crippen LogP contribution in [0.2, 0.25) is 0 Å². The molecule has 8 heteroatoms. The van der Waals surface area contributed by atoms with Gasteiger partial charge in [-0.3, -0.25) is 4.57 Å². The van der Waals surface area contributed by atoms with Crippen LogP contribution in [0.15, 0.2) is 27.8 Å². The van der Waals surface area contributed by atoms with Crippen LogP contribution in [0, 0.1) is 6.92 Å². The van der Waals surface area contributed by atoms with Crippen LogP contribution in [0.4, 0.5) is 0 Å². The molecule has 0 unspecified atom stereocenters. The monoisotopic (exact) mass is 344 g/mol. The summed E-state index contributed by atoms with van der Waals surface area (Å²) in [6, 6.07) is 5.66. The van der Waals surface area contributed by atoms with Gasteiger partial charge in [0, 0.05) is 16.6 Å². The van der Waals surface area contributed by atoms with Crippen molar-refractivity contribution in [2.24, 2.45) is 5.14 Å². The van der Waals surface area contributed by atoms with Crippen molar-refractivity contribution in [2.45, 2.75) is 25.5 Å². The van der Waals surface area contributed by atoms with Crippen molar-refractivity contribution in [1.82, 2.24) is 14.8 Å². The minimum absolute atomic E-state index is 0.215. The first-order valence-electron chi connectivity index (χ1n) is 5.57. The Morgan fingerprint density at radius 2 is 2.05 bits per heavy atom. The summed E-state index contributed by atoms with van der Waals surface area (Å²) in [4.78, 5) is 0. The molecule has 6 nitrogen and oxygen atoms in total. The molecule has 0 saturated heterocycles. The maximum Gasteiger partial charge on any atom is 0.273 e. The molecular formula is C11H13BrN4O2S. The fourth-order valence-corrected chi connectivity index (χ4v) is 3.01. The van der Waals surface area contributed by atoms with Crippen LogP contribution in [0.5, 0.6) is 0 Å². The molecule has 19 heavy (non-hydrogen) atoms. The summed E-state index contributed by atoms with van der Waals surface area (Å²) in [6.45, 7) is 4.16. The Bertz CT molecular complexity index is 724. The Morgan fingerprint density at radius 3 is 2.58 bits per heavy atom. The van der Waals surface area contributed by atoms with E-state index >= 15 is 0 Å². The molecule has 0 amide bonds. The second-order valence-corrected chi connectivity index (χ2v) is 6.43. The highest BCUT2D eigenvalue weighted by Crippen LogP contribution is 2.26. The third-order valence-electron chi connectivity index (χ3n) is 2.72. The van der Waals surface area contributed by atoms with Gasteiger partial charge in [-0.05, 0) is 37.6 Å². The van der Waals surface area contributed by atoms with E-state index in [0.29, 0.717) is 12.4 Å². The number of primary sulfonamides is 1. The van der Waals surface area contributed by atoms with Crippen molar-refractivity contribution in [3.63, 3.8) is 0 Å². The van der Waals surface area contributed by atoms with E-state index in [-0.39, 0.29) is 5.16 Å². The number of hydrogen-bond donors (Lipinski definition) is 1. The number of halogens is 1. The first-order valence-corrected chi connectivity index (χ1v) is 7.91. The van der Waals surface area contributed by atoms with Gasteiger partial charge in [0.2, 0.25) is 0 Å². The van der Waals surface area contributed by atoms with E-state index in [2.05, 4.69) is 26.1 Å². The first kappa shape index (κ1) is 14.2. The Balaban J connectivity index is 2.67. The number of rotatable bonds is 3. The molecule has 0 radical (unpaired) electrons. The molecule has 102 valence electrons. The Hall–Kier alpha value is -1.25. The number of aromatic nitrogens is 3. The summed E-state index contributed by atoms with van der Waals surface area (Å²) in [5.74, 6) is 0.497.